The maximum Gasteiger partial charge on any atom is 0.237 e. The standard InChI is InChI=1S/C21H16FN3OS2/c1-13(20(26)24-17-10-5-3-8-15(17)22)28-21-14-7-2-4-9-16(14)23-19(25-21)18-11-6-12-27-18/h2-13H,1H3,(H,24,26)/t13-/m0/s1. The van der Waals surface area contributed by atoms with E-state index in [0.29, 0.717) is 5.82 Å². The van der Waals surface area contributed by atoms with Gasteiger partial charge in [0.25, 0.3) is 0 Å². The molecular formula is C21H16FN3OS2. The van der Waals surface area contributed by atoms with E-state index in [0.717, 1.165) is 20.8 Å². The highest BCUT2D eigenvalue weighted by Gasteiger charge is 2.19. The minimum Gasteiger partial charge on any atom is -0.323 e. The molecule has 0 fully saturated rings. The van der Waals surface area contributed by atoms with Crippen LogP contribution in [0.2, 0.25) is 0 Å². The lowest BCUT2D eigenvalue weighted by molar-refractivity contribution is -0.115. The van der Waals surface area contributed by atoms with Crippen molar-refractivity contribution in [2.45, 2.75) is 17.2 Å². The molecule has 1 amide bonds. The number of fused-ring (bicyclic) bond motifs is 1. The van der Waals surface area contributed by atoms with Crippen molar-refractivity contribution in [3.8, 4) is 10.7 Å². The summed E-state index contributed by atoms with van der Waals surface area (Å²) in [5.41, 5.74) is 0.997. The maximum absolute atomic E-state index is 13.8. The summed E-state index contributed by atoms with van der Waals surface area (Å²) in [7, 11) is 0. The lowest BCUT2D eigenvalue weighted by atomic mass is 10.2. The van der Waals surface area contributed by atoms with E-state index in [4.69, 9.17) is 4.98 Å². The van der Waals surface area contributed by atoms with Crippen LogP contribution < -0.4 is 5.32 Å². The Hall–Kier alpha value is -2.77. The largest absolute Gasteiger partial charge is 0.323 e. The van der Waals surface area contributed by atoms with Gasteiger partial charge in [-0.15, -0.1) is 11.3 Å². The number of nitrogens with zero attached hydrogens (tertiary/aromatic N) is 2. The molecule has 7 heteroatoms. The Kier molecular flexibility index (Phi) is 5.36. The van der Waals surface area contributed by atoms with Crippen LogP contribution in [0.1, 0.15) is 6.92 Å². The zero-order valence-corrected chi connectivity index (χ0v) is 16.6. The summed E-state index contributed by atoms with van der Waals surface area (Å²) in [6.45, 7) is 1.78. The predicted octanol–water partition coefficient (Wildman–Crippen LogP) is 5.62. The van der Waals surface area contributed by atoms with Crippen molar-refractivity contribution in [3.63, 3.8) is 0 Å². The number of anilines is 1. The molecule has 140 valence electrons. The van der Waals surface area contributed by atoms with Crippen LogP contribution in [0.4, 0.5) is 10.1 Å². The molecule has 0 aliphatic heterocycles. The fraction of sp³-hybridized carbons (Fsp3) is 0.0952. The van der Waals surface area contributed by atoms with Crippen molar-refractivity contribution in [2.75, 3.05) is 5.32 Å². The van der Waals surface area contributed by atoms with Crippen molar-refractivity contribution >= 4 is 45.6 Å². The van der Waals surface area contributed by atoms with Crippen molar-refractivity contribution < 1.29 is 9.18 Å². The Labute approximate surface area is 169 Å². The van der Waals surface area contributed by atoms with Crippen LogP contribution in [0.5, 0.6) is 0 Å². The van der Waals surface area contributed by atoms with Gasteiger partial charge in [-0.25, -0.2) is 14.4 Å². The Balaban J connectivity index is 1.63. The number of hydrogen-bond donors (Lipinski definition) is 1. The number of carbonyl (C=O) groups excluding carboxylic acids is 1. The molecule has 0 aliphatic carbocycles. The third kappa shape index (κ3) is 3.90. The van der Waals surface area contributed by atoms with E-state index >= 15 is 0 Å². The molecule has 4 rings (SSSR count). The molecule has 1 atom stereocenters. The molecule has 0 aliphatic rings. The van der Waals surface area contributed by atoms with Crippen molar-refractivity contribution in [1.29, 1.82) is 0 Å². The van der Waals surface area contributed by atoms with Crippen LogP contribution in [0, 0.1) is 5.82 Å². The second kappa shape index (κ2) is 8.08. The summed E-state index contributed by atoms with van der Waals surface area (Å²) >= 11 is 2.90. The number of carbonyl (C=O) groups is 1. The average molecular weight is 410 g/mol. The highest BCUT2D eigenvalue weighted by molar-refractivity contribution is 8.00. The van der Waals surface area contributed by atoms with E-state index in [2.05, 4.69) is 10.3 Å². The zero-order valence-electron chi connectivity index (χ0n) is 14.9. The lowest BCUT2D eigenvalue weighted by Gasteiger charge is -2.14. The van der Waals surface area contributed by atoms with E-state index in [1.807, 2.05) is 41.8 Å². The summed E-state index contributed by atoms with van der Waals surface area (Å²) in [5.74, 6) is -0.103. The van der Waals surface area contributed by atoms with E-state index < -0.39 is 11.1 Å². The number of amides is 1. The molecule has 0 radical (unpaired) electrons. The molecule has 2 heterocycles. The smallest absolute Gasteiger partial charge is 0.237 e. The van der Waals surface area contributed by atoms with Crippen LogP contribution in [0.3, 0.4) is 0 Å². The van der Waals surface area contributed by atoms with Crippen LogP contribution >= 0.6 is 23.1 Å². The minimum absolute atomic E-state index is 0.173. The first kappa shape index (κ1) is 18.6. The molecule has 2 aromatic heterocycles. The van der Waals surface area contributed by atoms with Crippen molar-refractivity contribution in [2.24, 2.45) is 0 Å². The zero-order chi connectivity index (χ0) is 19.5. The molecule has 1 N–H and O–H groups in total. The normalized spacial score (nSPS) is 12.1. The van der Waals surface area contributed by atoms with Gasteiger partial charge in [-0.1, -0.05) is 48.2 Å². The molecule has 0 unspecified atom stereocenters. The molecular weight excluding hydrogens is 393 g/mol. The maximum atomic E-state index is 13.8. The SMILES string of the molecule is C[C@H](Sc1nc(-c2cccs2)nc2ccccc12)C(=O)Nc1ccccc1F. The molecule has 0 saturated carbocycles. The number of aromatic nitrogens is 2. The van der Waals surface area contributed by atoms with E-state index in [9.17, 15) is 9.18 Å². The van der Waals surface area contributed by atoms with Gasteiger partial charge in [0.05, 0.1) is 21.3 Å². The van der Waals surface area contributed by atoms with E-state index in [1.165, 1.54) is 17.8 Å². The second-order valence-corrected chi connectivity index (χ2v) is 8.35. The molecule has 4 aromatic rings. The fourth-order valence-electron chi connectivity index (χ4n) is 2.67. The highest BCUT2D eigenvalue weighted by Crippen LogP contribution is 2.32. The lowest BCUT2D eigenvalue weighted by Crippen LogP contribution is -2.23. The first-order chi connectivity index (χ1) is 13.6. The van der Waals surface area contributed by atoms with Gasteiger partial charge in [-0.2, -0.15) is 0 Å². The van der Waals surface area contributed by atoms with Gasteiger partial charge < -0.3 is 5.32 Å². The minimum atomic E-state index is -0.464. The summed E-state index contributed by atoms with van der Waals surface area (Å²) in [6, 6.07) is 17.8. The van der Waals surface area contributed by atoms with E-state index in [1.54, 1.807) is 36.5 Å². The van der Waals surface area contributed by atoms with Crippen molar-refractivity contribution in [3.05, 3.63) is 71.9 Å². The Morgan fingerprint density at radius 3 is 2.64 bits per heavy atom. The first-order valence-corrected chi connectivity index (χ1v) is 10.4. The van der Waals surface area contributed by atoms with E-state index in [-0.39, 0.29) is 11.6 Å². The Morgan fingerprint density at radius 1 is 1.07 bits per heavy atom. The van der Waals surface area contributed by atoms with Crippen LogP contribution in [-0.4, -0.2) is 21.1 Å². The van der Waals surface area contributed by atoms with Crippen LogP contribution in [-0.2, 0) is 4.79 Å². The van der Waals surface area contributed by atoms with Gasteiger partial charge >= 0.3 is 0 Å². The summed E-state index contributed by atoms with van der Waals surface area (Å²) in [4.78, 5) is 22.9. The summed E-state index contributed by atoms with van der Waals surface area (Å²) in [5, 5.41) is 5.77. The number of halogens is 1. The van der Waals surface area contributed by atoms with Gasteiger partial charge in [-0.05, 0) is 36.6 Å². The summed E-state index contributed by atoms with van der Waals surface area (Å²) in [6.07, 6.45) is 0. The van der Waals surface area contributed by atoms with Gasteiger partial charge in [0.15, 0.2) is 5.82 Å². The first-order valence-electron chi connectivity index (χ1n) is 8.64. The Morgan fingerprint density at radius 2 is 1.86 bits per heavy atom. The van der Waals surface area contributed by atoms with Gasteiger partial charge in [-0.3, -0.25) is 4.79 Å². The molecule has 28 heavy (non-hydrogen) atoms. The van der Waals surface area contributed by atoms with Crippen LogP contribution in [0.25, 0.3) is 21.6 Å². The third-order valence-corrected chi connectivity index (χ3v) is 6.07. The van der Waals surface area contributed by atoms with Gasteiger partial charge in [0.2, 0.25) is 5.91 Å². The number of hydrogen-bond acceptors (Lipinski definition) is 5. The molecule has 4 nitrogen and oxygen atoms in total. The number of para-hydroxylation sites is 2. The highest BCUT2D eigenvalue weighted by atomic mass is 32.2. The molecule has 0 spiro atoms. The monoisotopic (exact) mass is 409 g/mol. The topological polar surface area (TPSA) is 54.9 Å². The van der Waals surface area contributed by atoms with Gasteiger partial charge in [0.1, 0.15) is 10.8 Å². The predicted molar refractivity (Wildman–Crippen MR) is 113 cm³/mol. The molecule has 2 aromatic carbocycles. The second-order valence-electron chi connectivity index (χ2n) is 6.08. The quantitative estimate of drug-likeness (QED) is 0.343. The number of thiophene rings is 1. The number of thioether (sulfide) groups is 1. The van der Waals surface area contributed by atoms with Crippen molar-refractivity contribution in [1.82, 2.24) is 9.97 Å². The summed E-state index contributed by atoms with van der Waals surface area (Å²) < 4.78 is 13.8. The fourth-order valence-corrected chi connectivity index (χ4v) is 4.27. The molecule has 0 bridgehead atoms. The number of rotatable bonds is 5. The Bertz CT molecular complexity index is 1130. The number of benzene rings is 2. The van der Waals surface area contributed by atoms with Crippen LogP contribution in [0.15, 0.2) is 71.1 Å². The third-order valence-electron chi connectivity index (χ3n) is 4.10. The number of nitrogens with one attached hydrogen (secondary N) is 1. The molecule has 0 saturated heterocycles. The van der Waals surface area contributed by atoms with Gasteiger partial charge in [0, 0.05) is 5.39 Å². The average Bonchev–Trinajstić information content (AvgIpc) is 3.24.